The molecule has 2 N–H and O–H groups in total. The number of hydrogen-bond acceptors (Lipinski definition) is 2. The van der Waals surface area contributed by atoms with Crippen LogP contribution in [0.4, 0.5) is 0 Å². The first-order valence-electron chi connectivity index (χ1n) is 3.10. The van der Waals surface area contributed by atoms with Crippen LogP contribution >= 0.6 is 0 Å². The normalized spacial score (nSPS) is 10.8. The van der Waals surface area contributed by atoms with Gasteiger partial charge in [-0.15, -0.1) is 0 Å². The van der Waals surface area contributed by atoms with E-state index < -0.39 is 0 Å². The van der Waals surface area contributed by atoms with Crippen molar-refractivity contribution in [1.29, 1.82) is 0 Å². The van der Waals surface area contributed by atoms with E-state index in [0.29, 0.717) is 6.54 Å². The highest BCUT2D eigenvalue weighted by molar-refractivity contribution is 5.57. The third kappa shape index (κ3) is 5.63. The van der Waals surface area contributed by atoms with Crippen LogP contribution in [0.3, 0.4) is 0 Å². The highest BCUT2D eigenvalue weighted by Gasteiger charge is 1.72. The Morgan fingerprint density at radius 1 is 1.62 bits per heavy atom. The molecule has 0 radical (unpaired) electrons. The van der Waals surface area contributed by atoms with Crippen LogP contribution in [0, 0.1) is 0 Å². The summed E-state index contributed by atoms with van der Waals surface area (Å²) in [5.41, 5.74) is 5.22. The van der Waals surface area contributed by atoms with Gasteiger partial charge in [0.1, 0.15) is 0 Å². The van der Waals surface area contributed by atoms with Crippen molar-refractivity contribution < 1.29 is 0 Å². The number of nitrogens with two attached hydrogens (primary N) is 1. The minimum absolute atomic E-state index is 0.715. The van der Waals surface area contributed by atoms with Gasteiger partial charge < -0.3 is 5.73 Å². The second-order valence-corrected chi connectivity index (χ2v) is 1.67. The van der Waals surface area contributed by atoms with Crippen LogP contribution in [0.5, 0.6) is 0 Å². The molecular formula is C6H14N2. The molecule has 0 aliphatic carbocycles. The molecule has 0 rings (SSSR count). The van der Waals surface area contributed by atoms with E-state index in [0.717, 1.165) is 19.4 Å². The fourth-order valence-electron chi connectivity index (χ4n) is 0.386. The van der Waals surface area contributed by atoms with Gasteiger partial charge in [-0.1, -0.05) is 6.92 Å². The van der Waals surface area contributed by atoms with E-state index >= 15 is 0 Å². The first-order chi connectivity index (χ1) is 3.91. The van der Waals surface area contributed by atoms with Gasteiger partial charge in [0.2, 0.25) is 0 Å². The lowest BCUT2D eigenvalue weighted by atomic mass is 10.4. The van der Waals surface area contributed by atoms with Crippen LogP contribution in [0.25, 0.3) is 0 Å². The highest BCUT2D eigenvalue weighted by Crippen LogP contribution is 1.75. The number of hydrogen-bond donors (Lipinski definition) is 1. The standard InChI is InChI=1S/C6H14N2/c1-2-5-8-6-3-4-7/h6H,2-5,7H2,1H3. The summed E-state index contributed by atoms with van der Waals surface area (Å²) in [5.74, 6) is 0. The first-order valence-corrected chi connectivity index (χ1v) is 3.10. The maximum Gasteiger partial charge on any atom is 0.0382 e. The molecule has 0 aromatic carbocycles. The summed E-state index contributed by atoms with van der Waals surface area (Å²) in [6, 6.07) is 0. The van der Waals surface area contributed by atoms with Crippen molar-refractivity contribution in [2.75, 3.05) is 13.1 Å². The van der Waals surface area contributed by atoms with Crippen LogP contribution in [0.2, 0.25) is 0 Å². The van der Waals surface area contributed by atoms with Crippen LogP contribution in [0.15, 0.2) is 4.99 Å². The molecule has 2 nitrogen and oxygen atoms in total. The Balaban J connectivity index is 2.83. The van der Waals surface area contributed by atoms with Gasteiger partial charge in [0.25, 0.3) is 0 Å². The lowest BCUT2D eigenvalue weighted by Crippen LogP contribution is -1.98. The highest BCUT2D eigenvalue weighted by atomic mass is 14.7. The fourth-order valence-corrected chi connectivity index (χ4v) is 0.386. The van der Waals surface area contributed by atoms with E-state index in [1.807, 2.05) is 6.21 Å². The van der Waals surface area contributed by atoms with Crippen molar-refractivity contribution in [3.05, 3.63) is 0 Å². The first kappa shape index (κ1) is 7.63. The molecule has 0 spiro atoms. The molecule has 0 saturated carbocycles. The summed E-state index contributed by atoms with van der Waals surface area (Å²) in [4.78, 5) is 4.07. The zero-order chi connectivity index (χ0) is 6.24. The molecule has 0 heterocycles. The van der Waals surface area contributed by atoms with E-state index in [1.165, 1.54) is 0 Å². The Morgan fingerprint density at radius 3 is 2.88 bits per heavy atom. The van der Waals surface area contributed by atoms with E-state index in [1.54, 1.807) is 0 Å². The smallest absolute Gasteiger partial charge is 0.0382 e. The molecule has 2 heteroatoms. The third-order valence-corrected chi connectivity index (χ3v) is 0.778. The van der Waals surface area contributed by atoms with Crippen molar-refractivity contribution in [2.24, 2.45) is 10.7 Å². The van der Waals surface area contributed by atoms with Crippen LogP contribution < -0.4 is 5.73 Å². The molecule has 0 aliphatic rings. The van der Waals surface area contributed by atoms with Crippen LogP contribution in [0.1, 0.15) is 19.8 Å². The lowest BCUT2D eigenvalue weighted by Gasteiger charge is -1.84. The second kappa shape index (κ2) is 6.63. The van der Waals surface area contributed by atoms with Crippen molar-refractivity contribution in [3.63, 3.8) is 0 Å². The topological polar surface area (TPSA) is 38.4 Å². The molecule has 0 fully saturated rings. The summed E-state index contributed by atoms with van der Waals surface area (Å²) >= 11 is 0. The summed E-state index contributed by atoms with van der Waals surface area (Å²) in [6.45, 7) is 3.77. The predicted octanol–water partition coefficient (Wildman–Crippen LogP) is 0.816. The van der Waals surface area contributed by atoms with Gasteiger partial charge in [0.05, 0.1) is 0 Å². The Labute approximate surface area is 50.8 Å². The fraction of sp³-hybridized carbons (Fsp3) is 0.833. The molecule has 0 aromatic rings. The second-order valence-electron chi connectivity index (χ2n) is 1.67. The van der Waals surface area contributed by atoms with Gasteiger partial charge in [0.15, 0.2) is 0 Å². The summed E-state index contributed by atoms with van der Waals surface area (Å²) < 4.78 is 0. The van der Waals surface area contributed by atoms with E-state index in [-0.39, 0.29) is 0 Å². The van der Waals surface area contributed by atoms with Gasteiger partial charge >= 0.3 is 0 Å². The molecule has 0 aliphatic heterocycles. The maximum atomic E-state index is 5.22. The summed E-state index contributed by atoms with van der Waals surface area (Å²) in [5, 5.41) is 0. The number of nitrogens with zero attached hydrogens (tertiary/aromatic N) is 1. The van der Waals surface area contributed by atoms with Gasteiger partial charge in [-0.3, -0.25) is 4.99 Å². The SMILES string of the molecule is CCCN=CCCN. The Hall–Kier alpha value is -0.370. The van der Waals surface area contributed by atoms with Gasteiger partial charge in [0, 0.05) is 6.54 Å². The average Bonchev–Trinajstić information content (AvgIpc) is 1.81. The van der Waals surface area contributed by atoms with Gasteiger partial charge in [-0.2, -0.15) is 0 Å². The minimum Gasteiger partial charge on any atom is -0.330 e. The van der Waals surface area contributed by atoms with Crippen molar-refractivity contribution in [1.82, 2.24) is 0 Å². The molecule has 0 amide bonds. The monoisotopic (exact) mass is 114 g/mol. The number of rotatable bonds is 4. The summed E-state index contributed by atoms with van der Waals surface area (Å²) in [7, 11) is 0. The summed E-state index contributed by atoms with van der Waals surface area (Å²) in [6.07, 6.45) is 3.94. The van der Waals surface area contributed by atoms with Crippen LogP contribution in [-0.4, -0.2) is 19.3 Å². The largest absolute Gasteiger partial charge is 0.330 e. The van der Waals surface area contributed by atoms with Crippen molar-refractivity contribution >= 4 is 6.21 Å². The molecule has 8 heavy (non-hydrogen) atoms. The quantitative estimate of drug-likeness (QED) is 0.540. The molecule has 0 bridgehead atoms. The average molecular weight is 114 g/mol. The third-order valence-electron chi connectivity index (χ3n) is 0.778. The van der Waals surface area contributed by atoms with Gasteiger partial charge in [-0.25, -0.2) is 0 Å². The predicted molar refractivity (Wildman–Crippen MR) is 37.3 cm³/mol. The molecule has 0 saturated heterocycles. The minimum atomic E-state index is 0.715. The van der Waals surface area contributed by atoms with Crippen LogP contribution in [-0.2, 0) is 0 Å². The molecular weight excluding hydrogens is 100 g/mol. The van der Waals surface area contributed by atoms with E-state index in [4.69, 9.17) is 5.73 Å². The van der Waals surface area contributed by atoms with Crippen molar-refractivity contribution in [2.45, 2.75) is 19.8 Å². The zero-order valence-electron chi connectivity index (χ0n) is 5.43. The Morgan fingerprint density at radius 2 is 2.38 bits per heavy atom. The maximum absolute atomic E-state index is 5.22. The zero-order valence-corrected chi connectivity index (χ0v) is 5.43. The molecule has 0 unspecified atom stereocenters. The van der Waals surface area contributed by atoms with E-state index in [2.05, 4.69) is 11.9 Å². The van der Waals surface area contributed by atoms with Crippen molar-refractivity contribution in [3.8, 4) is 0 Å². The molecule has 0 atom stereocenters. The Kier molecular flexibility index (Phi) is 6.32. The number of aliphatic imine (C=N–C) groups is 1. The Bertz CT molecular complexity index is 51.5. The van der Waals surface area contributed by atoms with E-state index in [9.17, 15) is 0 Å². The molecule has 0 aromatic heterocycles. The molecule has 48 valence electrons. The lowest BCUT2D eigenvalue weighted by molar-refractivity contribution is 0.927. The van der Waals surface area contributed by atoms with Gasteiger partial charge in [-0.05, 0) is 25.6 Å².